The van der Waals surface area contributed by atoms with Gasteiger partial charge in [-0.2, -0.15) is 0 Å². The molecular weight excluding hydrogens is 1050 g/mol. The number of carbonyl (C=O) groups excluding carboxylic acids is 2. The summed E-state index contributed by atoms with van der Waals surface area (Å²) in [4.78, 5) is 32.1. The number of hydrogen-bond donors (Lipinski definition) is 5. The number of aromatic nitrogens is 2. The molecule has 5 N–H and O–H groups in total. The summed E-state index contributed by atoms with van der Waals surface area (Å²) in [6.45, 7) is 54.6. The van der Waals surface area contributed by atoms with Crippen molar-refractivity contribution in [2.45, 2.75) is 169 Å². The van der Waals surface area contributed by atoms with E-state index in [1.165, 1.54) is 13.0 Å². The van der Waals surface area contributed by atoms with E-state index in [2.05, 4.69) is 143 Å². The number of hydrazine groups is 1. The molecule has 20 heteroatoms. The Kier molecular flexibility index (Phi) is 20.5. The molecule has 0 aliphatic rings. The van der Waals surface area contributed by atoms with Crippen molar-refractivity contribution < 1.29 is 32.4 Å². The molecule has 0 fully saturated rings. The minimum absolute atomic E-state index is 0.0244. The van der Waals surface area contributed by atoms with Gasteiger partial charge in [0.15, 0.2) is 8.32 Å². The minimum atomic E-state index is -2.12. The first-order valence-electron chi connectivity index (χ1n) is 25.2. The smallest absolute Gasteiger partial charge is 0.269 e. The summed E-state index contributed by atoms with van der Waals surface area (Å²) in [6, 6.07) is 19.7. The van der Waals surface area contributed by atoms with Crippen molar-refractivity contribution in [3.8, 4) is 23.0 Å². The first kappa shape index (κ1) is 62.8. The van der Waals surface area contributed by atoms with Crippen LogP contribution >= 0.6 is 23.2 Å². The lowest BCUT2D eigenvalue weighted by molar-refractivity contribution is -0.124. The molecule has 4 aromatic carbocycles. The highest BCUT2D eigenvalue weighted by atomic mass is 35.5. The zero-order valence-corrected chi connectivity index (χ0v) is 52.2. The lowest BCUT2D eigenvalue weighted by Gasteiger charge is -2.40. The quantitative estimate of drug-likeness (QED) is 0.0361. The maximum Gasteiger partial charge on any atom is 0.269 e. The molecule has 5 aromatic rings. The molecule has 4 atom stereocenters. The summed E-state index contributed by atoms with van der Waals surface area (Å²) in [6.07, 6.45) is -1.37. The van der Waals surface area contributed by atoms with Crippen LogP contribution in [0.25, 0.3) is 21.1 Å². The third kappa shape index (κ3) is 15.7. The maximum atomic E-state index is 12.7. The SMILES string of the molecule is [C-]#[N+]c1ccc(N[C@@H](C(=O)NNC(=O)c2ccc(O[Si](C)(C)C(C)(C)C)cc2)[C@H](C)O)c(C)c1Cl.[C-]#[N+]c1ccc(N[C@@H](c2nnc(-c3ccc(O[Si](C)(C)C(C)(C)C)cc3)o2)[C@H](C)O[Si](C)(C)C(C)(C)C)c(C)c1Cl. The number of aliphatic hydroxyl groups is 1. The van der Waals surface area contributed by atoms with E-state index >= 15 is 0 Å². The van der Waals surface area contributed by atoms with Crippen LogP contribution in [0.1, 0.15) is 110 Å². The van der Waals surface area contributed by atoms with Gasteiger partial charge in [-0.1, -0.05) is 97.6 Å². The molecule has 5 rings (SSSR count). The molecule has 0 spiro atoms. The molecule has 0 radical (unpaired) electrons. The molecule has 1 heterocycles. The molecule has 15 nitrogen and oxygen atoms in total. The number of benzene rings is 4. The molecule has 0 saturated heterocycles. The van der Waals surface area contributed by atoms with Crippen LogP contribution in [0.15, 0.2) is 77.2 Å². The summed E-state index contributed by atoms with van der Waals surface area (Å²) < 4.78 is 25.7. The Bertz CT molecular complexity index is 2920. The molecule has 76 heavy (non-hydrogen) atoms. The molecule has 0 aliphatic heterocycles. The predicted octanol–water partition coefficient (Wildman–Crippen LogP) is 15.4. The number of anilines is 2. The number of nitrogens with one attached hydrogen (secondary N) is 4. The Morgan fingerprint density at radius 2 is 1.08 bits per heavy atom. The number of aliphatic hydroxyl groups excluding tert-OH is 1. The fourth-order valence-electron chi connectivity index (χ4n) is 6.64. The van der Waals surface area contributed by atoms with Crippen LogP contribution in [0.5, 0.6) is 11.5 Å². The number of amides is 2. The number of carbonyl (C=O) groups is 2. The molecule has 0 bridgehead atoms. The van der Waals surface area contributed by atoms with Crippen LogP contribution in [0.4, 0.5) is 22.7 Å². The van der Waals surface area contributed by atoms with Gasteiger partial charge in [-0.25, -0.2) is 9.69 Å². The standard InChI is InChI=1S/C31H45ClN4O3Si2.C25H33ClN4O4Si/c1-20-24(18-19-25(33-9)26(20)32)34-27(21(2)38-40(10,11)30(3,4)5)29-36-35-28(37-29)22-14-16-23(17-15-22)39-41(12,13)31(6,7)8;1-15-19(13-14-20(27-6)21(15)26)28-22(16(2)31)24(33)30-29-23(32)17-9-11-18(12-10-17)34-35(7,8)25(3,4)5/h14-19,21,27,34H,1-8,10-13H3;9-14,16,22,28,31H,1-5,7-8H3,(H,29,32)(H,30,33)/t21-,27+;16-,22+/m00/s1. The van der Waals surface area contributed by atoms with Crippen molar-refractivity contribution in [3.63, 3.8) is 0 Å². The van der Waals surface area contributed by atoms with E-state index in [4.69, 9.17) is 54.0 Å². The normalized spacial score (nSPS) is 13.8. The van der Waals surface area contributed by atoms with Gasteiger partial charge in [0, 0.05) is 22.5 Å². The van der Waals surface area contributed by atoms with E-state index in [0.717, 1.165) is 22.6 Å². The average Bonchev–Trinajstić information content (AvgIpc) is 3.80. The maximum absolute atomic E-state index is 12.7. The van der Waals surface area contributed by atoms with Crippen LogP contribution in [0.3, 0.4) is 0 Å². The second kappa shape index (κ2) is 24.7. The molecule has 2 amide bonds. The van der Waals surface area contributed by atoms with Crippen LogP contribution < -0.4 is 30.3 Å². The van der Waals surface area contributed by atoms with Gasteiger partial charge in [0.25, 0.3) is 11.8 Å². The van der Waals surface area contributed by atoms with Crippen molar-refractivity contribution in [3.05, 3.63) is 128 Å². The largest absolute Gasteiger partial charge is 0.544 e. The van der Waals surface area contributed by atoms with Gasteiger partial charge in [0.05, 0.1) is 35.4 Å². The Morgan fingerprint density at radius 1 is 0.645 bits per heavy atom. The minimum Gasteiger partial charge on any atom is -0.544 e. The fraction of sp³-hybridized carbons (Fsp3) is 0.464. The zero-order valence-electron chi connectivity index (χ0n) is 47.7. The van der Waals surface area contributed by atoms with E-state index in [-0.39, 0.29) is 26.2 Å². The van der Waals surface area contributed by atoms with Crippen molar-refractivity contribution in [1.29, 1.82) is 0 Å². The van der Waals surface area contributed by atoms with Crippen LogP contribution in [0, 0.1) is 27.0 Å². The lowest BCUT2D eigenvalue weighted by Crippen LogP contribution is -2.52. The topological polar surface area (TPSA) is 178 Å². The Hall–Kier alpha value is -5.71. The van der Waals surface area contributed by atoms with Crippen molar-refractivity contribution in [2.24, 2.45) is 0 Å². The summed E-state index contributed by atoms with van der Waals surface area (Å²) >= 11 is 12.7. The van der Waals surface area contributed by atoms with E-state index in [1.54, 1.807) is 43.3 Å². The predicted molar refractivity (Wildman–Crippen MR) is 316 cm³/mol. The Morgan fingerprint density at radius 3 is 1.50 bits per heavy atom. The van der Waals surface area contributed by atoms with Gasteiger partial charge in [-0.3, -0.25) is 20.4 Å². The lowest BCUT2D eigenvalue weighted by atomic mass is 10.1. The molecular formula is C56H78Cl2N8O7Si3. The van der Waals surface area contributed by atoms with E-state index in [1.807, 2.05) is 44.2 Å². The Balaban J connectivity index is 0.000000333. The summed E-state index contributed by atoms with van der Waals surface area (Å²) in [7, 11) is -6.07. The third-order valence-corrected chi connectivity index (χ3v) is 28.9. The second-order valence-corrected chi connectivity index (χ2v) is 38.6. The number of nitrogens with zero attached hydrogens (tertiary/aromatic N) is 4. The molecule has 0 saturated carbocycles. The molecule has 1 aromatic heterocycles. The summed E-state index contributed by atoms with van der Waals surface area (Å²) in [5.41, 5.74) is 9.20. The van der Waals surface area contributed by atoms with Gasteiger partial charge in [0.1, 0.15) is 23.6 Å². The molecule has 410 valence electrons. The van der Waals surface area contributed by atoms with Gasteiger partial charge in [-0.05, 0) is 154 Å². The third-order valence-electron chi connectivity index (χ3n) is 14.7. The van der Waals surface area contributed by atoms with Gasteiger partial charge < -0.3 is 33.4 Å². The Labute approximate surface area is 464 Å². The molecule has 0 unspecified atom stereocenters. The van der Waals surface area contributed by atoms with Gasteiger partial charge in [0.2, 0.25) is 39.8 Å². The number of halogens is 2. The fourth-order valence-corrected chi connectivity index (χ4v) is 10.5. The second-order valence-electron chi connectivity index (χ2n) is 23.6. The van der Waals surface area contributed by atoms with Crippen molar-refractivity contribution in [2.75, 3.05) is 10.6 Å². The highest BCUT2D eigenvalue weighted by Gasteiger charge is 2.42. The highest BCUT2D eigenvalue weighted by molar-refractivity contribution is 6.75. The van der Waals surface area contributed by atoms with Gasteiger partial charge in [-0.15, -0.1) is 10.2 Å². The van der Waals surface area contributed by atoms with Crippen molar-refractivity contribution in [1.82, 2.24) is 21.0 Å². The zero-order chi connectivity index (χ0) is 57.5. The monoisotopic (exact) mass is 1130 g/mol. The average molecular weight is 1130 g/mol. The first-order valence-corrected chi connectivity index (χ1v) is 34.7. The van der Waals surface area contributed by atoms with Crippen LogP contribution in [-0.2, 0) is 9.22 Å². The van der Waals surface area contributed by atoms with E-state index < -0.39 is 55.0 Å². The number of hydrogen-bond acceptors (Lipinski definition) is 11. The summed E-state index contributed by atoms with van der Waals surface area (Å²) in [5.74, 6) is 1.21. The van der Waals surface area contributed by atoms with Crippen LogP contribution in [0.2, 0.25) is 64.4 Å². The van der Waals surface area contributed by atoms with E-state index in [9.17, 15) is 14.7 Å². The summed E-state index contributed by atoms with van der Waals surface area (Å²) in [5, 5.41) is 26.3. The van der Waals surface area contributed by atoms with E-state index in [0.29, 0.717) is 50.7 Å². The highest BCUT2D eigenvalue weighted by Crippen LogP contribution is 2.42. The molecule has 0 aliphatic carbocycles. The van der Waals surface area contributed by atoms with Crippen LogP contribution in [-0.4, -0.2) is 70.3 Å². The number of rotatable bonds is 16. The van der Waals surface area contributed by atoms with Gasteiger partial charge >= 0.3 is 0 Å². The van der Waals surface area contributed by atoms with Crippen molar-refractivity contribution >= 4 is 82.7 Å². The first-order chi connectivity index (χ1) is 34.9.